The molecule has 0 bridgehead atoms. The molecule has 1 fully saturated rings. The molecule has 0 saturated carbocycles. The molecule has 16 heavy (non-hydrogen) atoms. The summed E-state index contributed by atoms with van der Waals surface area (Å²) in [4.78, 5) is 2.53. The van der Waals surface area contributed by atoms with Crippen LogP contribution in [-0.2, 0) is 0 Å². The molecule has 1 atom stereocenters. The molecule has 0 amide bonds. The highest BCUT2D eigenvalue weighted by Gasteiger charge is 2.16. The van der Waals surface area contributed by atoms with Crippen LogP contribution >= 0.6 is 0 Å². The second-order valence-corrected chi connectivity index (χ2v) is 5.44. The Hall–Kier alpha value is -0.980. The van der Waals surface area contributed by atoms with Crippen LogP contribution in [0.4, 0.5) is 5.69 Å². The van der Waals surface area contributed by atoms with E-state index < -0.39 is 0 Å². The highest BCUT2D eigenvalue weighted by molar-refractivity contribution is 5.48. The van der Waals surface area contributed by atoms with Gasteiger partial charge in [-0.25, -0.2) is 0 Å². The standard InChI is InChI=1S/C15H23N/c1-12(2)14-6-8-15(9-7-14)16-10-4-5-13(3)11-16/h6-9,12-13H,4-5,10-11H2,1-3H3. The Morgan fingerprint density at radius 2 is 1.88 bits per heavy atom. The van der Waals surface area contributed by atoms with Crippen LogP contribution in [0.25, 0.3) is 0 Å². The van der Waals surface area contributed by atoms with Gasteiger partial charge >= 0.3 is 0 Å². The third kappa shape index (κ3) is 2.58. The fraction of sp³-hybridized carbons (Fsp3) is 0.600. The fourth-order valence-corrected chi connectivity index (χ4v) is 2.49. The van der Waals surface area contributed by atoms with Crippen molar-refractivity contribution >= 4 is 5.69 Å². The summed E-state index contributed by atoms with van der Waals surface area (Å²) in [6.45, 7) is 9.30. The van der Waals surface area contributed by atoms with Crippen molar-refractivity contribution < 1.29 is 0 Å². The predicted molar refractivity (Wildman–Crippen MR) is 71.1 cm³/mol. The van der Waals surface area contributed by atoms with Gasteiger partial charge in [-0.15, -0.1) is 0 Å². The van der Waals surface area contributed by atoms with E-state index in [1.165, 1.54) is 37.2 Å². The van der Waals surface area contributed by atoms with Gasteiger partial charge in [-0.1, -0.05) is 32.9 Å². The molecule has 88 valence electrons. The maximum atomic E-state index is 2.53. The van der Waals surface area contributed by atoms with Crippen LogP contribution < -0.4 is 4.90 Å². The number of anilines is 1. The fourth-order valence-electron chi connectivity index (χ4n) is 2.49. The van der Waals surface area contributed by atoms with Gasteiger partial charge in [-0.3, -0.25) is 0 Å². The van der Waals surface area contributed by atoms with Crippen molar-refractivity contribution in [1.82, 2.24) is 0 Å². The maximum absolute atomic E-state index is 2.53. The maximum Gasteiger partial charge on any atom is 0.0366 e. The molecule has 1 aliphatic rings. The Balaban J connectivity index is 2.09. The van der Waals surface area contributed by atoms with Crippen LogP contribution in [0, 0.1) is 5.92 Å². The van der Waals surface area contributed by atoms with E-state index >= 15 is 0 Å². The third-order valence-electron chi connectivity index (χ3n) is 3.58. The SMILES string of the molecule is CC1CCCN(c2ccc(C(C)C)cc2)C1. The average molecular weight is 217 g/mol. The molecule has 1 unspecified atom stereocenters. The molecule has 0 aliphatic carbocycles. The van der Waals surface area contributed by atoms with Crippen molar-refractivity contribution in [2.75, 3.05) is 18.0 Å². The molecule has 1 heterocycles. The second kappa shape index (κ2) is 4.90. The van der Waals surface area contributed by atoms with Crippen molar-refractivity contribution in [2.45, 2.75) is 39.5 Å². The van der Waals surface area contributed by atoms with Crippen LogP contribution in [0.15, 0.2) is 24.3 Å². The van der Waals surface area contributed by atoms with Crippen molar-refractivity contribution in [3.05, 3.63) is 29.8 Å². The Kier molecular flexibility index (Phi) is 3.52. The van der Waals surface area contributed by atoms with Gasteiger partial charge in [-0.05, 0) is 42.4 Å². The second-order valence-electron chi connectivity index (χ2n) is 5.44. The highest BCUT2D eigenvalue weighted by atomic mass is 15.1. The van der Waals surface area contributed by atoms with Gasteiger partial charge in [-0.2, -0.15) is 0 Å². The number of piperidine rings is 1. The summed E-state index contributed by atoms with van der Waals surface area (Å²) in [6.07, 6.45) is 2.73. The van der Waals surface area contributed by atoms with Crippen LogP contribution in [0.5, 0.6) is 0 Å². The molecular weight excluding hydrogens is 194 g/mol. The summed E-state index contributed by atoms with van der Waals surface area (Å²) in [7, 11) is 0. The van der Waals surface area contributed by atoms with Crippen molar-refractivity contribution in [1.29, 1.82) is 0 Å². The van der Waals surface area contributed by atoms with Gasteiger partial charge < -0.3 is 4.90 Å². The topological polar surface area (TPSA) is 3.24 Å². The first-order valence-corrected chi connectivity index (χ1v) is 6.51. The van der Waals surface area contributed by atoms with Gasteiger partial charge in [0.15, 0.2) is 0 Å². The largest absolute Gasteiger partial charge is 0.371 e. The Labute approximate surface area is 99.5 Å². The number of hydrogen-bond acceptors (Lipinski definition) is 1. The monoisotopic (exact) mass is 217 g/mol. The lowest BCUT2D eigenvalue weighted by molar-refractivity contribution is 0.447. The molecule has 2 rings (SSSR count). The van der Waals surface area contributed by atoms with Crippen LogP contribution in [0.2, 0.25) is 0 Å². The molecule has 0 spiro atoms. The van der Waals surface area contributed by atoms with E-state index in [0.717, 1.165) is 5.92 Å². The zero-order chi connectivity index (χ0) is 11.5. The average Bonchev–Trinajstić information content (AvgIpc) is 2.29. The number of nitrogens with zero attached hydrogens (tertiary/aromatic N) is 1. The van der Waals surface area contributed by atoms with E-state index in [1.807, 2.05) is 0 Å². The normalized spacial score (nSPS) is 21.5. The van der Waals surface area contributed by atoms with Crippen molar-refractivity contribution in [3.8, 4) is 0 Å². The first-order valence-electron chi connectivity index (χ1n) is 6.51. The van der Waals surface area contributed by atoms with Gasteiger partial charge in [0, 0.05) is 18.8 Å². The Morgan fingerprint density at radius 3 is 2.44 bits per heavy atom. The van der Waals surface area contributed by atoms with Crippen molar-refractivity contribution in [2.24, 2.45) is 5.92 Å². The quantitative estimate of drug-likeness (QED) is 0.722. The molecule has 0 N–H and O–H groups in total. The Morgan fingerprint density at radius 1 is 1.19 bits per heavy atom. The summed E-state index contributed by atoms with van der Waals surface area (Å²) in [5, 5.41) is 0. The number of hydrogen-bond donors (Lipinski definition) is 0. The van der Waals surface area contributed by atoms with Gasteiger partial charge in [0.25, 0.3) is 0 Å². The van der Waals surface area contributed by atoms with E-state index in [4.69, 9.17) is 0 Å². The number of rotatable bonds is 2. The van der Waals surface area contributed by atoms with Gasteiger partial charge in [0.05, 0.1) is 0 Å². The van der Waals surface area contributed by atoms with Crippen LogP contribution in [0.1, 0.15) is 45.1 Å². The van der Waals surface area contributed by atoms with Gasteiger partial charge in [0.1, 0.15) is 0 Å². The molecule has 0 aromatic heterocycles. The molecular formula is C15H23N. The van der Waals surface area contributed by atoms with E-state index in [1.54, 1.807) is 0 Å². The lowest BCUT2D eigenvalue weighted by atomic mass is 9.98. The molecule has 1 aromatic carbocycles. The summed E-state index contributed by atoms with van der Waals surface area (Å²) < 4.78 is 0. The number of benzene rings is 1. The summed E-state index contributed by atoms with van der Waals surface area (Å²) in [6, 6.07) is 9.12. The van der Waals surface area contributed by atoms with Crippen LogP contribution in [-0.4, -0.2) is 13.1 Å². The summed E-state index contributed by atoms with van der Waals surface area (Å²) in [5.74, 6) is 1.48. The molecule has 1 saturated heterocycles. The highest BCUT2D eigenvalue weighted by Crippen LogP contribution is 2.24. The summed E-state index contributed by atoms with van der Waals surface area (Å²) >= 11 is 0. The van der Waals surface area contributed by atoms with E-state index in [9.17, 15) is 0 Å². The zero-order valence-electron chi connectivity index (χ0n) is 10.7. The smallest absolute Gasteiger partial charge is 0.0366 e. The lowest BCUT2D eigenvalue weighted by Gasteiger charge is -2.33. The minimum Gasteiger partial charge on any atom is -0.371 e. The minimum absolute atomic E-state index is 0.634. The zero-order valence-corrected chi connectivity index (χ0v) is 10.7. The van der Waals surface area contributed by atoms with E-state index in [0.29, 0.717) is 5.92 Å². The first kappa shape index (κ1) is 11.5. The molecule has 1 nitrogen and oxygen atoms in total. The predicted octanol–water partition coefficient (Wildman–Crippen LogP) is 4.05. The molecule has 1 heteroatoms. The Bertz CT molecular complexity index is 326. The minimum atomic E-state index is 0.634. The van der Waals surface area contributed by atoms with E-state index in [-0.39, 0.29) is 0 Å². The molecule has 0 radical (unpaired) electrons. The summed E-state index contributed by atoms with van der Waals surface area (Å²) in [5.41, 5.74) is 2.84. The van der Waals surface area contributed by atoms with Gasteiger partial charge in [0.2, 0.25) is 0 Å². The molecule has 1 aliphatic heterocycles. The van der Waals surface area contributed by atoms with E-state index in [2.05, 4.69) is 49.9 Å². The first-order chi connectivity index (χ1) is 7.66. The molecule has 1 aromatic rings. The van der Waals surface area contributed by atoms with Crippen LogP contribution in [0.3, 0.4) is 0 Å². The lowest BCUT2D eigenvalue weighted by Crippen LogP contribution is -2.34. The van der Waals surface area contributed by atoms with Crippen molar-refractivity contribution in [3.63, 3.8) is 0 Å². The third-order valence-corrected chi connectivity index (χ3v) is 3.58.